The Balaban J connectivity index is 1.71. The zero-order valence-corrected chi connectivity index (χ0v) is 11.7. The number of benzene rings is 2. The Hall–Kier alpha value is -2.36. The first-order valence-electron chi connectivity index (χ1n) is 7.08. The number of amides is 1. The van der Waals surface area contributed by atoms with Crippen LogP contribution in [0.1, 0.15) is 24.8 Å². The summed E-state index contributed by atoms with van der Waals surface area (Å²) in [6.07, 6.45) is 0.788. The molecule has 3 rings (SSSR count). The molecule has 1 fully saturated rings. The van der Waals surface area contributed by atoms with Gasteiger partial charge in [0.2, 0.25) is 5.91 Å². The van der Waals surface area contributed by atoms with E-state index in [1.54, 1.807) is 0 Å². The Morgan fingerprint density at radius 3 is 2.62 bits per heavy atom. The lowest BCUT2D eigenvalue weighted by Gasteiger charge is -2.09. The molecule has 0 heterocycles. The monoisotopic (exact) mass is 283 g/mol. The minimum atomic E-state index is -1.01. The second-order valence-corrected chi connectivity index (χ2v) is 5.62. The molecule has 4 heteroatoms. The predicted octanol–water partition coefficient (Wildman–Crippen LogP) is 2.53. The summed E-state index contributed by atoms with van der Waals surface area (Å²) in [5, 5.41) is 13.7. The number of carbonyl (C=O) groups excluding carboxylic acids is 1. The minimum absolute atomic E-state index is 0.104. The number of hydrogen-bond acceptors (Lipinski definition) is 2. The van der Waals surface area contributed by atoms with Crippen molar-refractivity contribution < 1.29 is 14.7 Å². The topological polar surface area (TPSA) is 66.4 Å². The third-order valence-electron chi connectivity index (χ3n) is 4.06. The predicted molar refractivity (Wildman–Crippen MR) is 80.0 cm³/mol. The van der Waals surface area contributed by atoms with Crippen molar-refractivity contribution in [3.05, 3.63) is 48.0 Å². The van der Waals surface area contributed by atoms with E-state index in [9.17, 15) is 9.59 Å². The Morgan fingerprint density at radius 1 is 1.19 bits per heavy atom. The molecule has 2 aromatic rings. The molecule has 0 aliphatic heterocycles. The van der Waals surface area contributed by atoms with E-state index in [2.05, 4.69) is 35.6 Å². The van der Waals surface area contributed by atoms with Gasteiger partial charge in [0.1, 0.15) is 6.04 Å². The molecule has 1 saturated carbocycles. The third kappa shape index (κ3) is 2.75. The highest BCUT2D eigenvalue weighted by atomic mass is 16.4. The van der Waals surface area contributed by atoms with Gasteiger partial charge in [-0.2, -0.15) is 0 Å². The van der Waals surface area contributed by atoms with Gasteiger partial charge in [-0.3, -0.25) is 9.59 Å². The van der Waals surface area contributed by atoms with Gasteiger partial charge in [0.15, 0.2) is 0 Å². The van der Waals surface area contributed by atoms with Crippen molar-refractivity contribution in [1.29, 1.82) is 0 Å². The first-order chi connectivity index (χ1) is 10.1. The molecule has 2 aromatic carbocycles. The van der Waals surface area contributed by atoms with E-state index in [1.165, 1.54) is 17.7 Å². The fourth-order valence-corrected chi connectivity index (χ4v) is 2.67. The first-order valence-corrected chi connectivity index (χ1v) is 7.08. The largest absolute Gasteiger partial charge is 0.480 e. The van der Waals surface area contributed by atoms with Gasteiger partial charge in [-0.05, 0) is 35.6 Å². The Kier molecular flexibility index (Phi) is 3.37. The molecule has 108 valence electrons. The summed E-state index contributed by atoms with van der Waals surface area (Å²) < 4.78 is 0. The lowest BCUT2D eigenvalue weighted by Crippen LogP contribution is -2.39. The number of nitrogens with one attached hydrogen (secondary N) is 1. The molecule has 0 radical (unpaired) electrons. The molecule has 2 N–H and O–H groups in total. The van der Waals surface area contributed by atoms with E-state index >= 15 is 0 Å². The summed E-state index contributed by atoms with van der Waals surface area (Å²) in [6.45, 7) is 1.48. The standard InChI is InChI=1S/C17H17NO3/c1-10(17(20)21)18-16(19)15-9-14(15)13-7-6-11-4-2-3-5-12(11)8-13/h2-8,10,14-15H,9H2,1H3,(H,18,19)(H,20,21)/t10-,14?,15?/m0/s1. The van der Waals surface area contributed by atoms with E-state index in [0.717, 1.165) is 12.0 Å². The van der Waals surface area contributed by atoms with Crippen LogP contribution in [0.3, 0.4) is 0 Å². The number of carbonyl (C=O) groups is 2. The molecule has 2 unspecified atom stereocenters. The molecule has 21 heavy (non-hydrogen) atoms. The van der Waals surface area contributed by atoms with E-state index in [1.807, 2.05) is 12.1 Å². The number of carboxylic acid groups (broad SMARTS) is 1. The maximum absolute atomic E-state index is 12.0. The SMILES string of the molecule is C[C@H](NC(=O)C1CC1c1ccc2ccccc2c1)C(=O)O. The maximum Gasteiger partial charge on any atom is 0.325 e. The third-order valence-corrected chi connectivity index (χ3v) is 4.06. The highest BCUT2D eigenvalue weighted by Gasteiger charge is 2.44. The van der Waals surface area contributed by atoms with Crippen LogP contribution < -0.4 is 5.32 Å². The van der Waals surface area contributed by atoms with Crippen LogP contribution in [0.2, 0.25) is 0 Å². The quantitative estimate of drug-likeness (QED) is 0.906. The molecule has 3 atom stereocenters. The Morgan fingerprint density at radius 2 is 1.90 bits per heavy atom. The van der Waals surface area contributed by atoms with Crippen molar-refractivity contribution in [2.45, 2.75) is 25.3 Å². The van der Waals surface area contributed by atoms with Crippen molar-refractivity contribution in [2.75, 3.05) is 0 Å². The van der Waals surface area contributed by atoms with Crippen LogP contribution in [0, 0.1) is 5.92 Å². The van der Waals surface area contributed by atoms with Gasteiger partial charge in [0.05, 0.1) is 0 Å². The summed E-state index contributed by atoms with van der Waals surface area (Å²) >= 11 is 0. The first kappa shape index (κ1) is 13.6. The maximum atomic E-state index is 12.0. The van der Waals surface area contributed by atoms with E-state index in [4.69, 9.17) is 5.11 Å². The van der Waals surface area contributed by atoms with Gasteiger partial charge in [-0.25, -0.2) is 0 Å². The van der Waals surface area contributed by atoms with E-state index in [-0.39, 0.29) is 17.7 Å². The molecule has 0 saturated heterocycles. The van der Waals surface area contributed by atoms with Crippen molar-refractivity contribution in [2.24, 2.45) is 5.92 Å². The lowest BCUT2D eigenvalue weighted by atomic mass is 10.0. The summed E-state index contributed by atoms with van der Waals surface area (Å²) in [6, 6.07) is 13.5. The zero-order valence-electron chi connectivity index (χ0n) is 11.7. The number of carboxylic acids is 1. The second-order valence-electron chi connectivity index (χ2n) is 5.62. The molecular formula is C17H17NO3. The molecular weight excluding hydrogens is 266 g/mol. The zero-order chi connectivity index (χ0) is 15.0. The fourth-order valence-electron chi connectivity index (χ4n) is 2.67. The fraction of sp³-hybridized carbons (Fsp3) is 0.294. The Bertz CT molecular complexity index is 710. The van der Waals surface area contributed by atoms with Gasteiger partial charge in [0, 0.05) is 5.92 Å². The summed E-state index contributed by atoms with van der Waals surface area (Å²) in [5.74, 6) is -1.07. The van der Waals surface area contributed by atoms with Crippen LogP contribution in [0.25, 0.3) is 10.8 Å². The summed E-state index contributed by atoms with van der Waals surface area (Å²) in [5.41, 5.74) is 1.15. The molecule has 0 aromatic heterocycles. The van der Waals surface area contributed by atoms with Crippen molar-refractivity contribution >= 4 is 22.6 Å². The highest BCUT2D eigenvalue weighted by molar-refractivity contribution is 5.88. The molecule has 4 nitrogen and oxygen atoms in total. The molecule has 1 aliphatic carbocycles. The number of aliphatic carboxylic acids is 1. The minimum Gasteiger partial charge on any atom is -0.480 e. The average molecular weight is 283 g/mol. The lowest BCUT2D eigenvalue weighted by molar-refractivity contribution is -0.141. The molecule has 1 aliphatic rings. The van der Waals surface area contributed by atoms with Crippen LogP contribution in [0.4, 0.5) is 0 Å². The van der Waals surface area contributed by atoms with Gasteiger partial charge >= 0.3 is 5.97 Å². The van der Waals surface area contributed by atoms with Crippen molar-refractivity contribution in [1.82, 2.24) is 5.32 Å². The van der Waals surface area contributed by atoms with Crippen LogP contribution in [0.15, 0.2) is 42.5 Å². The second kappa shape index (κ2) is 5.20. The summed E-state index contributed by atoms with van der Waals surface area (Å²) in [4.78, 5) is 22.8. The van der Waals surface area contributed by atoms with Crippen LogP contribution in [-0.4, -0.2) is 23.0 Å². The van der Waals surface area contributed by atoms with Crippen LogP contribution in [-0.2, 0) is 9.59 Å². The summed E-state index contributed by atoms with van der Waals surface area (Å²) in [7, 11) is 0. The van der Waals surface area contributed by atoms with Gasteiger partial charge in [-0.15, -0.1) is 0 Å². The molecule has 0 bridgehead atoms. The molecule has 0 spiro atoms. The normalized spacial score (nSPS) is 21.8. The number of fused-ring (bicyclic) bond motifs is 1. The van der Waals surface area contributed by atoms with Gasteiger partial charge < -0.3 is 10.4 Å². The highest BCUT2D eigenvalue weighted by Crippen LogP contribution is 2.48. The number of hydrogen-bond donors (Lipinski definition) is 2. The van der Waals surface area contributed by atoms with Gasteiger partial charge in [0.25, 0.3) is 0 Å². The Labute approximate surface area is 122 Å². The van der Waals surface area contributed by atoms with Crippen molar-refractivity contribution in [3.8, 4) is 0 Å². The van der Waals surface area contributed by atoms with Gasteiger partial charge in [-0.1, -0.05) is 42.5 Å². The average Bonchev–Trinajstić information content (AvgIpc) is 3.27. The molecule has 1 amide bonds. The van der Waals surface area contributed by atoms with Crippen molar-refractivity contribution in [3.63, 3.8) is 0 Å². The van der Waals surface area contributed by atoms with Crippen LogP contribution in [0.5, 0.6) is 0 Å². The smallest absolute Gasteiger partial charge is 0.325 e. The van der Waals surface area contributed by atoms with E-state index in [0.29, 0.717) is 0 Å². The number of rotatable bonds is 4. The van der Waals surface area contributed by atoms with Crippen LogP contribution >= 0.6 is 0 Å². The van der Waals surface area contributed by atoms with E-state index < -0.39 is 12.0 Å².